The van der Waals surface area contributed by atoms with Gasteiger partial charge in [-0.2, -0.15) is 0 Å². The first-order chi connectivity index (χ1) is 30.7. The van der Waals surface area contributed by atoms with Gasteiger partial charge in [0.25, 0.3) is 0 Å². The number of aliphatic hydroxyl groups is 2. The number of hydrogen-bond acceptors (Lipinski definition) is 6. The van der Waals surface area contributed by atoms with Crippen molar-refractivity contribution in [2.75, 3.05) is 26.4 Å². The molecule has 0 saturated heterocycles. The average molecular weight is 819 g/mol. The van der Waals surface area contributed by atoms with Crippen LogP contribution in [0.5, 0.6) is 11.5 Å². The fourth-order valence-electron chi connectivity index (χ4n) is 8.23. The number of nitrogens with one attached hydrogen (secondary N) is 2. The average Bonchev–Trinajstić information content (AvgIpc) is 4.16. The Morgan fingerprint density at radius 2 is 0.677 bits per heavy atom. The molecule has 8 heteroatoms. The Hall–Kier alpha value is -7.00. The zero-order valence-corrected chi connectivity index (χ0v) is 34.7. The highest BCUT2D eigenvalue weighted by molar-refractivity contribution is 5.99. The highest BCUT2D eigenvalue weighted by atomic mass is 16.5. The van der Waals surface area contributed by atoms with Gasteiger partial charge in [0.2, 0.25) is 0 Å². The van der Waals surface area contributed by atoms with Gasteiger partial charge in [-0.3, -0.25) is 0 Å². The summed E-state index contributed by atoms with van der Waals surface area (Å²) in [7, 11) is 0. The number of unbranched alkanes of at least 4 members (excludes halogenated alkanes) is 4. The summed E-state index contributed by atoms with van der Waals surface area (Å²) in [5.41, 5.74) is 15.2. The molecule has 0 aliphatic carbocycles. The van der Waals surface area contributed by atoms with E-state index in [0.29, 0.717) is 13.2 Å². The summed E-state index contributed by atoms with van der Waals surface area (Å²) in [6.07, 6.45) is 13.6. The third-order valence-electron chi connectivity index (χ3n) is 11.3. The van der Waals surface area contributed by atoms with E-state index >= 15 is 0 Å². The van der Waals surface area contributed by atoms with Gasteiger partial charge in [-0.15, -0.1) is 0 Å². The quantitative estimate of drug-likeness (QED) is 0.0722. The van der Waals surface area contributed by atoms with Crippen LogP contribution in [0, 0.1) is 0 Å². The molecule has 0 radical (unpaired) electrons. The van der Waals surface area contributed by atoms with Crippen molar-refractivity contribution in [1.82, 2.24) is 19.9 Å². The normalized spacial score (nSPS) is 11.9. The number of H-pyrrole nitrogens is 2. The summed E-state index contributed by atoms with van der Waals surface area (Å²) in [6.45, 7) is 1.60. The van der Waals surface area contributed by atoms with Gasteiger partial charge in [0, 0.05) is 57.5 Å². The van der Waals surface area contributed by atoms with Crippen LogP contribution in [0.25, 0.3) is 90.9 Å². The van der Waals surface area contributed by atoms with E-state index in [1.807, 2.05) is 36.4 Å². The molecule has 0 unspecified atom stereocenters. The molecule has 0 amide bonds. The number of ether oxygens (including phenoxy) is 2. The van der Waals surface area contributed by atoms with Crippen LogP contribution in [0.15, 0.2) is 133 Å². The van der Waals surface area contributed by atoms with Crippen molar-refractivity contribution < 1.29 is 19.7 Å². The monoisotopic (exact) mass is 818 g/mol. The van der Waals surface area contributed by atoms with E-state index in [4.69, 9.17) is 19.4 Å². The first kappa shape index (κ1) is 40.4. The molecule has 2 aliphatic rings. The zero-order chi connectivity index (χ0) is 42.1. The molecule has 3 aromatic heterocycles. The maximum Gasteiger partial charge on any atom is 0.119 e. The number of rotatable bonds is 16. The van der Waals surface area contributed by atoms with Crippen molar-refractivity contribution in [3.63, 3.8) is 0 Å². The Bertz CT molecular complexity index is 2670. The fraction of sp³-hybridized carbons (Fsp3) is 0.185. The molecule has 8 bridgehead atoms. The molecule has 4 aromatic carbocycles. The fourth-order valence-corrected chi connectivity index (χ4v) is 8.23. The number of fused-ring (bicyclic) bond motifs is 8. The molecule has 8 nitrogen and oxygen atoms in total. The molecule has 0 spiro atoms. The van der Waals surface area contributed by atoms with E-state index in [1.54, 1.807) is 0 Å². The molecule has 62 heavy (non-hydrogen) atoms. The molecule has 7 aromatic rings. The van der Waals surface area contributed by atoms with Crippen molar-refractivity contribution in [3.05, 3.63) is 156 Å². The summed E-state index contributed by atoms with van der Waals surface area (Å²) in [4.78, 5) is 18.5. The number of nitrogens with zero attached hydrogens (tertiary/aromatic N) is 2. The Balaban J connectivity index is 1.28. The smallest absolute Gasteiger partial charge is 0.119 e. The van der Waals surface area contributed by atoms with Crippen LogP contribution >= 0.6 is 0 Å². The minimum atomic E-state index is 0.202. The Morgan fingerprint density at radius 1 is 0.355 bits per heavy atom. The number of aromatic amines is 2. The second-order valence-corrected chi connectivity index (χ2v) is 15.5. The maximum atomic E-state index is 9.18. The van der Waals surface area contributed by atoms with Gasteiger partial charge >= 0.3 is 0 Å². The molecule has 5 heterocycles. The van der Waals surface area contributed by atoms with Crippen LogP contribution in [0.4, 0.5) is 0 Å². The molecule has 9 rings (SSSR count). The van der Waals surface area contributed by atoms with Gasteiger partial charge in [0.05, 0.1) is 36.0 Å². The van der Waals surface area contributed by atoms with E-state index in [0.717, 1.165) is 139 Å². The van der Waals surface area contributed by atoms with Crippen molar-refractivity contribution in [2.24, 2.45) is 0 Å². The first-order valence-corrected chi connectivity index (χ1v) is 21.6. The number of aliphatic hydroxyl groups excluding tert-OH is 2. The van der Waals surface area contributed by atoms with E-state index in [-0.39, 0.29) is 13.2 Å². The lowest BCUT2D eigenvalue weighted by atomic mass is 10.0. The predicted octanol–water partition coefficient (Wildman–Crippen LogP) is 12.4. The van der Waals surface area contributed by atoms with Gasteiger partial charge in [-0.05, 0) is 134 Å². The van der Waals surface area contributed by atoms with Crippen LogP contribution < -0.4 is 9.47 Å². The lowest BCUT2D eigenvalue weighted by molar-refractivity contribution is 0.265. The number of aromatic nitrogens is 4. The largest absolute Gasteiger partial charge is 0.494 e. The van der Waals surface area contributed by atoms with Gasteiger partial charge in [-0.25, -0.2) is 9.97 Å². The minimum Gasteiger partial charge on any atom is -0.494 e. The highest BCUT2D eigenvalue weighted by Crippen LogP contribution is 2.39. The second-order valence-electron chi connectivity index (χ2n) is 15.5. The SMILES string of the molecule is OCCCCCOc1ccc(-c2c3nc(c(-c4ccc(OCCCCCO)cc4)c4ccc([nH]4)c(-c4ccccc4)c4nc(c(-c5ccccc5)c5ccc2[nH]5)C=C4)C=C3)cc1. The van der Waals surface area contributed by atoms with E-state index in [2.05, 4.69) is 131 Å². The van der Waals surface area contributed by atoms with Gasteiger partial charge < -0.3 is 29.7 Å². The Labute approximate surface area is 361 Å². The predicted molar refractivity (Wildman–Crippen MR) is 253 cm³/mol. The molecular weight excluding hydrogens is 769 g/mol. The third-order valence-corrected chi connectivity index (χ3v) is 11.3. The molecular formula is C54H50N4O4. The molecule has 0 saturated carbocycles. The Morgan fingerprint density at radius 3 is 1.00 bits per heavy atom. The van der Waals surface area contributed by atoms with E-state index < -0.39 is 0 Å². The summed E-state index contributed by atoms with van der Waals surface area (Å²) in [5, 5.41) is 18.4. The standard InChI is InChI=1S/C54H50N4O4/c59-33-9-3-11-35-61-41-21-17-39(18-22-41)53-47-29-27-45(56-47)51(37-13-5-1-6-14-37)43-25-26-44(55-43)52(38-15-7-2-8-16-38)46-28-30-48(57-46)54(50-32-31-49(53)58-50)40-19-23-42(24-20-40)62-36-12-4-10-34-60/h1-2,5-8,13-32,56-57,59-60H,3-4,9-12,33-36H2. The summed E-state index contributed by atoms with van der Waals surface area (Å²) in [5.74, 6) is 1.60. The van der Waals surface area contributed by atoms with Crippen LogP contribution in [-0.2, 0) is 0 Å². The topological polar surface area (TPSA) is 116 Å². The molecule has 2 aliphatic heterocycles. The second kappa shape index (κ2) is 19.1. The summed E-state index contributed by atoms with van der Waals surface area (Å²) >= 11 is 0. The Kier molecular flexibility index (Phi) is 12.5. The van der Waals surface area contributed by atoms with Gasteiger partial charge in [-0.1, -0.05) is 84.9 Å². The van der Waals surface area contributed by atoms with Crippen LogP contribution in [0.1, 0.15) is 61.3 Å². The lowest BCUT2D eigenvalue weighted by Gasteiger charge is -2.09. The van der Waals surface area contributed by atoms with Gasteiger partial charge in [0.15, 0.2) is 0 Å². The minimum absolute atomic E-state index is 0.202. The molecule has 4 N–H and O–H groups in total. The number of benzene rings is 4. The molecule has 0 atom stereocenters. The zero-order valence-electron chi connectivity index (χ0n) is 34.7. The highest BCUT2D eigenvalue weighted by Gasteiger charge is 2.19. The van der Waals surface area contributed by atoms with Crippen molar-refractivity contribution in [3.8, 4) is 56.0 Å². The first-order valence-electron chi connectivity index (χ1n) is 21.6. The van der Waals surface area contributed by atoms with Crippen LogP contribution in [0.2, 0.25) is 0 Å². The molecule has 310 valence electrons. The molecule has 0 fully saturated rings. The van der Waals surface area contributed by atoms with Crippen molar-refractivity contribution in [1.29, 1.82) is 0 Å². The maximum absolute atomic E-state index is 9.18. The van der Waals surface area contributed by atoms with Crippen molar-refractivity contribution >= 4 is 46.4 Å². The van der Waals surface area contributed by atoms with E-state index in [1.165, 1.54) is 0 Å². The number of hydrogen-bond donors (Lipinski definition) is 4. The lowest BCUT2D eigenvalue weighted by Crippen LogP contribution is -1.98. The van der Waals surface area contributed by atoms with E-state index in [9.17, 15) is 10.2 Å². The van der Waals surface area contributed by atoms with Crippen molar-refractivity contribution in [2.45, 2.75) is 38.5 Å². The summed E-state index contributed by atoms with van der Waals surface area (Å²) in [6, 6.07) is 45.9. The third kappa shape index (κ3) is 8.89. The van der Waals surface area contributed by atoms with Crippen LogP contribution in [0.3, 0.4) is 0 Å². The van der Waals surface area contributed by atoms with Gasteiger partial charge in [0.1, 0.15) is 11.5 Å². The van der Waals surface area contributed by atoms with Crippen LogP contribution in [-0.4, -0.2) is 56.6 Å². The summed E-state index contributed by atoms with van der Waals surface area (Å²) < 4.78 is 12.2.